The molecule has 1 aromatic heterocycles. The van der Waals surface area contributed by atoms with Crippen molar-refractivity contribution in [2.24, 2.45) is 13.0 Å². The molecule has 1 aromatic rings. The second-order valence-electron chi connectivity index (χ2n) is 5.55. The smallest absolute Gasteiger partial charge is 0.256 e. The highest BCUT2D eigenvalue weighted by molar-refractivity contribution is 5.98. The van der Waals surface area contributed by atoms with Crippen LogP contribution < -0.4 is 11.1 Å². The van der Waals surface area contributed by atoms with Crippen LogP contribution in [0.15, 0.2) is 6.20 Å². The van der Waals surface area contributed by atoms with Crippen LogP contribution in [0.2, 0.25) is 0 Å². The maximum absolute atomic E-state index is 12.1. The lowest BCUT2D eigenvalue weighted by Crippen LogP contribution is -2.37. The number of nitrogens with two attached hydrogens (primary N) is 1. The molecule has 1 aliphatic carbocycles. The van der Waals surface area contributed by atoms with Gasteiger partial charge in [-0.15, -0.1) is 0 Å². The van der Waals surface area contributed by atoms with Gasteiger partial charge in [0.05, 0.1) is 6.20 Å². The van der Waals surface area contributed by atoms with E-state index in [4.69, 9.17) is 5.73 Å². The summed E-state index contributed by atoms with van der Waals surface area (Å²) in [7, 11) is 1.74. The Kier molecular flexibility index (Phi) is 4.45. The Balaban J connectivity index is 1.86. The minimum atomic E-state index is -0.0930. The molecule has 106 valence electrons. The van der Waals surface area contributed by atoms with E-state index in [1.54, 1.807) is 7.05 Å². The topological polar surface area (TPSA) is 72.9 Å². The first-order valence-electron chi connectivity index (χ1n) is 7.20. The van der Waals surface area contributed by atoms with Crippen molar-refractivity contribution in [2.45, 2.75) is 51.5 Å². The first kappa shape index (κ1) is 13.9. The quantitative estimate of drug-likeness (QED) is 0.874. The number of hydrogen-bond donors (Lipinski definition) is 2. The van der Waals surface area contributed by atoms with E-state index in [2.05, 4.69) is 17.3 Å². The summed E-state index contributed by atoms with van der Waals surface area (Å²) in [5.41, 5.74) is 6.29. The summed E-state index contributed by atoms with van der Waals surface area (Å²) in [5.74, 6) is 1.18. The van der Waals surface area contributed by atoms with E-state index in [0.717, 1.165) is 18.8 Å². The normalized spacial score (nSPS) is 23.3. The highest BCUT2D eigenvalue weighted by atomic mass is 16.1. The van der Waals surface area contributed by atoms with Crippen LogP contribution in [-0.4, -0.2) is 21.7 Å². The third-order valence-corrected chi connectivity index (χ3v) is 4.11. The van der Waals surface area contributed by atoms with Gasteiger partial charge in [-0.2, -0.15) is 5.10 Å². The fourth-order valence-electron chi connectivity index (χ4n) is 2.89. The van der Waals surface area contributed by atoms with Crippen LogP contribution >= 0.6 is 0 Å². The maximum Gasteiger partial charge on any atom is 0.256 e. The molecular formula is C14H24N4O. The van der Waals surface area contributed by atoms with Gasteiger partial charge in [0.2, 0.25) is 0 Å². The first-order valence-corrected chi connectivity index (χ1v) is 7.20. The van der Waals surface area contributed by atoms with Crippen molar-refractivity contribution in [3.63, 3.8) is 0 Å². The maximum atomic E-state index is 12.1. The predicted octanol–water partition coefficient (Wildman–Crippen LogP) is 2.09. The van der Waals surface area contributed by atoms with Crippen molar-refractivity contribution in [1.82, 2.24) is 15.1 Å². The highest BCUT2D eigenvalue weighted by Gasteiger charge is 2.23. The molecule has 0 saturated heterocycles. The Morgan fingerprint density at radius 2 is 2.16 bits per heavy atom. The molecule has 1 heterocycles. The van der Waals surface area contributed by atoms with Crippen LogP contribution in [0.3, 0.4) is 0 Å². The summed E-state index contributed by atoms with van der Waals surface area (Å²) < 4.78 is 1.52. The van der Waals surface area contributed by atoms with Crippen LogP contribution in [0.1, 0.15) is 55.8 Å². The zero-order valence-electron chi connectivity index (χ0n) is 11.9. The molecule has 0 radical (unpaired) electrons. The van der Waals surface area contributed by atoms with Gasteiger partial charge in [0.1, 0.15) is 11.4 Å². The van der Waals surface area contributed by atoms with Gasteiger partial charge in [0, 0.05) is 13.1 Å². The molecule has 19 heavy (non-hydrogen) atoms. The largest absolute Gasteiger partial charge is 0.383 e. The molecule has 2 rings (SSSR count). The van der Waals surface area contributed by atoms with Crippen molar-refractivity contribution < 1.29 is 4.79 Å². The van der Waals surface area contributed by atoms with E-state index in [0.29, 0.717) is 17.4 Å². The van der Waals surface area contributed by atoms with Crippen LogP contribution in [0.4, 0.5) is 5.82 Å². The van der Waals surface area contributed by atoms with Crippen molar-refractivity contribution in [2.75, 3.05) is 5.73 Å². The Morgan fingerprint density at radius 3 is 2.68 bits per heavy atom. The van der Waals surface area contributed by atoms with Crippen LogP contribution in [0.5, 0.6) is 0 Å². The van der Waals surface area contributed by atoms with Gasteiger partial charge in [-0.1, -0.05) is 19.8 Å². The fourth-order valence-corrected chi connectivity index (χ4v) is 2.89. The van der Waals surface area contributed by atoms with E-state index in [1.807, 2.05) is 0 Å². The summed E-state index contributed by atoms with van der Waals surface area (Å²) in [6.45, 7) is 2.24. The van der Waals surface area contributed by atoms with E-state index in [1.165, 1.54) is 36.6 Å². The molecule has 0 bridgehead atoms. The molecule has 5 heteroatoms. The number of aryl methyl sites for hydroxylation is 1. The minimum Gasteiger partial charge on any atom is -0.383 e. The van der Waals surface area contributed by atoms with Gasteiger partial charge < -0.3 is 11.1 Å². The van der Waals surface area contributed by atoms with Crippen molar-refractivity contribution in [1.29, 1.82) is 0 Å². The van der Waals surface area contributed by atoms with Crippen molar-refractivity contribution in [3.8, 4) is 0 Å². The number of nitrogen functional groups attached to an aromatic ring is 1. The van der Waals surface area contributed by atoms with E-state index < -0.39 is 0 Å². The SMILES string of the molecule is CCCC1CCC(NC(=O)c2cnn(C)c2N)CC1. The van der Waals surface area contributed by atoms with Crippen molar-refractivity contribution >= 4 is 11.7 Å². The molecule has 3 N–H and O–H groups in total. The number of nitrogens with zero attached hydrogens (tertiary/aromatic N) is 2. The van der Waals surface area contributed by atoms with E-state index >= 15 is 0 Å². The lowest BCUT2D eigenvalue weighted by Gasteiger charge is -2.28. The monoisotopic (exact) mass is 264 g/mol. The fraction of sp³-hybridized carbons (Fsp3) is 0.714. The van der Waals surface area contributed by atoms with Gasteiger partial charge in [-0.3, -0.25) is 9.48 Å². The predicted molar refractivity (Wildman–Crippen MR) is 75.7 cm³/mol. The Morgan fingerprint density at radius 1 is 1.47 bits per heavy atom. The zero-order chi connectivity index (χ0) is 13.8. The molecule has 1 amide bonds. The summed E-state index contributed by atoms with van der Waals surface area (Å²) >= 11 is 0. The highest BCUT2D eigenvalue weighted by Crippen LogP contribution is 2.28. The number of aromatic nitrogens is 2. The molecule has 0 atom stereocenters. The summed E-state index contributed by atoms with van der Waals surface area (Å²) in [4.78, 5) is 12.1. The average molecular weight is 264 g/mol. The summed E-state index contributed by atoms with van der Waals surface area (Å²) in [6.07, 6.45) is 8.72. The third-order valence-electron chi connectivity index (χ3n) is 4.11. The molecule has 0 aliphatic heterocycles. The van der Waals surface area contributed by atoms with Crippen LogP contribution in [-0.2, 0) is 7.05 Å². The minimum absolute atomic E-state index is 0.0930. The first-order chi connectivity index (χ1) is 9.11. The summed E-state index contributed by atoms with van der Waals surface area (Å²) in [6, 6.07) is 0.292. The number of amides is 1. The molecule has 0 unspecified atom stereocenters. The Bertz CT molecular complexity index is 433. The van der Waals surface area contributed by atoms with Crippen molar-refractivity contribution in [3.05, 3.63) is 11.8 Å². The van der Waals surface area contributed by atoms with Crippen LogP contribution in [0.25, 0.3) is 0 Å². The number of carbonyl (C=O) groups is 1. The second kappa shape index (κ2) is 6.08. The van der Waals surface area contributed by atoms with Crippen LogP contribution in [0, 0.1) is 5.92 Å². The third kappa shape index (κ3) is 3.28. The second-order valence-corrected chi connectivity index (χ2v) is 5.55. The molecule has 1 fully saturated rings. The number of nitrogens with one attached hydrogen (secondary N) is 1. The van der Waals surface area contributed by atoms with E-state index in [-0.39, 0.29) is 5.91 Å². The lowest BCUT2D eigenvalue weighted by molar-refractivity contribution is 0.0922. The number of hydrogen-bond acceptors (Lipinski definition) is 3. The number of rotatable bonds is 4. The van der Waals surface area contributed by atoms with Gasteiger partial charge in [0.25, 0.3) is 5.91 Å². The van der Waals surface area contributed by atoms with Gasteiger partial charge in [-0.25, -0.2) is 0 Å². The molecular weight excluding hydrogens is 240 g/mol. The zero-order valence-corrected chi connectivity index (χ0v) is 11.9. The Hall–Kier alpha value is -1.52. The van der Waals surface area contributed by atoms with Gasteiger partial charge >= 0.3 is 0 Å². The molecule has 1 aliphatic rings. The standard InChI is InChI=1S/C14H24N4O/c1-3-4-10-5-7-11(8-6-10)17-14(19)12-9-16-18(2)13(12)15/h9-11H,3-8,15H2,1-2H3,(H,17,19). The van der Waals surface area contributed by atoms with E-state index in [9.17, 15) is 4.79 Å². The molecule has 0 spiro atoms. The Labute approximate surface area is 114 Å². The molecule has 1 saturated carbocycles. The molecule has 0 aromatic carbocycles. The number of anilines is 1. The average Bonchev–Trinajstić information content (AvgIpc) is 2.73. The van der Waals surface area contributed by atoms with Gasteiger partial charge in [-0.05, 0) is 31.6 Å². The molecule has 5 nitrogen and oxygen atoms in total. The lowest BCUT2D eigenvalue weighted by atomic mass is 9.83. The summed E-state index contributed by atoms with van der Waals surface area (Å²) in [5, 5.41) is 7.08. The van der Waals surface area contributed by atoms with Gasteiger partial charge in [0.15, 0.2) is 0 Å². The number of carbonyl (C=O) groups excluding carboxylic acids is 1.